The van der Waals surface area contributed by atoms with Crippen LogP contribution in [-0.4, -0.2) is 15.3 Å². The van der Waals surface area contributed by atoms with Crippen LogP contribution in [0.15, 0.2) is 66.7 Å². The van der Waals surface area contributed by atoms with Gasteiger partial charge in [-0.05, 0) is 105 Å². The summed E-state index contributed by atoms with van der Waals surface area (Å²) in [6.07, 6.45) is 0. The van der Waals surface area contributed by atoms with Gasteiger partial charge in [-0.3, -0.25) is 0 Å². The van der Waals surface area contributed by atoms with E-state index in [1.54, 1.807) is 30.3 Å². The predicted molar refractivity (Wildman–Crippen MR) is 136 cm³/mol. The van der Waals surface area contributed by atoms with Gasteiger partial charge in [0.1, 0.15) is 28.7 Å². The fourth-order valence-electron chi connectivity index (χ4n) is 4.42. The minimum atomic E-state index is 0.181. The number of benzene rings is 4. The number of nitrogens with zero attached hydrogens (tertiary/aromatic N) is 1. The Bertz CT molecular complexity index is 1270. The number of anilines is 3. The molecule has 0 saturated heterocycles. The molecule has 0 radical (unpaired) electrons. The standard InChI is InChI=1S/C29H29NO4/c1-17-9-10-26(16-27(17)33)34-25-8-6-7-22(15-25)30(28-18(2)11-23(31)12-19(28)3)29-20(4)13-24(32)14-21(29)5/h6-16,31-33H,1-5H3. The smallest absolute Gasteiger partial charge is 0.131 e. The van der Waals surface area contributed by atoms with E-state index in [9.17, 15) is 15.3 Å². The van der Waals surface area contributed by atoms with E-state index in [1.807, 2.05) is 71.0 Å². The van der Waals surface area contributed by atoms with E-state index >= 15 is 0 Å². The van der Waals surface area contributed by atoms with E-state index in [1.165, 1.54) is 0 Å². The zero-order chi connectivity index (χ0) is 24.6. The van der Waals surface area contributed by atoms with Crippen molar-refractivity contribution < 1.29 is 20.1 Å². The second-order valence-corrected chi connectivity index (χ2v) is 8.74. The second kappa shape index (κ2) is 9.02. The Morgan fingerprint density at radius 2 is 1.06 bits per heavy atom. The van der Waals surface area contributed by atoms with Gasteiger partial charge in [0.05, 0.1) is 11.4 Å². The molecule has 4 aromatic rings. The molecule has 34 heavy (non-hydrogen) atoms. The van der Waals surface area contributed by atoms with Gasteiger partial charge in [0.2, 0.25) is 0 Å². The minimum Gasteiger partial charge on any atom is -0.508 e. The number of phenolic OH excluding ortho intramolecular Hbond substituents is 3. The van der Waals surface area contributed by atoms with Crippen LogP contribution in [0.5, 0.6) is 28.7 Å². The van der Waals surface area contributed by atoms with Crippen molar-refractivity contribution in [2.75, 3.05) is 4.90 Å². The number of phenols is 3. The summed E-state index contributed by atoms with van der Waals surface area (Å²) in [5.74, 6) is 1.78. The third kappa shape index (κ3) is 4.50. The van der Waals surface area contributed by atoms with E-state index in [0.29, 0.717) is 11.5 Å². The predicted octanol–water partition coefficient (Wildman–Crippen LogP) is 7.61. The van der Waals surface area contributed by atoms with Crippen molar-refractivity contribution in [3.63, 3.8) is 0 Å². The lowest BCUT2D eigenvalue weighted by molar-refractivity contribution is 0.452. The Labute approximate surface area is 200 Å². The van der Waals surface area contributed by atoms with Gasteiger partial charge in [0.15, 0.2) is 0 Å². The maximum atomic E-state index is 10.1. The van der Waals surface area contributed by atoms with Gasteiger partial charge >= 0.3 is 0 Å². The first-order valence-corrected chi connectivity index (χ1v) is 11.1. The average Bonchev–Trinajstić information content (AvgIpc) is 2.74. The molecule has 0 heterocycles. The Morgan fingerprint density at radius 3 is 1.56 bits per heavy atom. The molecule has 174 valence electrons. The van der Waals surface area contributed by atoms with Crippen molar-refractivity contribution in [3.8, 4) is 28.7 Å². The first-order valence-electron chi connectivity index (χ1n) is 11.1. The third-order valence-electron chi connectivity index (χ3n) is 5.89. The minimum absolute atomic E-state index is 0.181. The molecule has 5 heteroatoms. The highest BCUT2D eigenvalue weighted by Gasteiger charge is 2.22. The molecule has 0 aliphatic rings. The van der Waals surface area contributed by atoms with Crippen molar-refractivity contribution in [2.24, 2.45) is 0 Å². The maximum absolute atomic E-state index is 10.1. The normalized spacial score (nSPS) is 10.9. The fraction of sp³-hybridized carbons (Fsp3) is 0.172. The maximum Gasteiger partial charge on any atom is 0.131 e. The molecule has 0 spiro atoms. The molecule has 0 atom stereocenters. The molecule has 3 N–H and O–H groups in total. The van der Waals surface area contributed by atoms with Crippen molar-refractivity contribution in [1.29, 1.82) is 0 Å². The lowest BCUT2D eigenvalue weighted by atomic mass is 10.0. The van der Waals surface area contributed by atoms with Gasteiger partial charge in [-0.15, -0.1) is 0 Å². The second-order valence-electron chi connectivity index (χ2n) is 8.74. The summed E-state index contributed by atoms with van der Waals surface area (Å²) < 4.78 is 6.07. The van der Waals surface area contributed by atoms with Gasteiger partial charge in [-0.2, -0.15) is 0 Å². The summed E-state index contributed by atoms with van der Waals surface area (Å²) in [5, 5.41) is 30.3. The highest BCUT2D eigenvalue weighted by Crippen LogP contribution is 2.44. The summed E-state index contributed by atoms with van der Waals surface area (Å²) in [7, 11) is 0. The molecule has 0 aromatic heterocycles. The van der Waals surface area contributed by atoms with Gasteiger partial charge in [-0.1, -0.05) is 12.1 Å². The summed E-state index contributed by atoms with van der Waals surface area (Å²) >= 11 is 0. The first kappa shape index (κ1) is 23.1. The summed E-state index contributed by atoms with van der Waals surface area (Å²) in [6, 6.07) is 19.9. The van der Waals surface area contributed by atoms with Crippen molar-refractivity contribution in [3.05, 3.63) is 94.5 Å². The lowest BCUT2D eigenvalue weighted by Gasteiger charge is -2.31. The Balaban J connectivity index is 1.89. The first-order chi connectivity index (χ1) is 16.1. The zero-order valence-corrected chi connectivity index (χ0v) is 20.0. The van der Waals surface area contributed by atoms with Crippen LogP contribution >= 0.6 is 0 Å². The number of rotatable bonds is 5. The average molecular weight is 456 g/mol. The van der Waals surface area contributed by atoms with Crippen molar-refractivity contribution in [2.45, 2.75) is 34.6 Å². The largest absolute Gasteiger partial charge is 0.508 e. The molecule has 0 amide bonds. The fourth-order valence-corrected chi connectivity index (χ4v) is 4.42. The Morgan fingerprint density at radius 1 is 0.559 bits per heavy atom. The molecule has 4 aromatic carbocycles. The summed E-state index contributed by atoms with van der Waals surface area (Å²) in [4.78, 5) is 2.13. The Kier molecular flexibility index (Phi) is 6.12. The van der Waals surface area contributed by atoms with E-state index in [-0.39, 0.29) is 17.2 Å². The van der Waals surface area contributed by atoms with Crippen LogP contribution in [0.1, 0.15) is 27.8 Å². The van der Waals surface area contributed by atoms with E-state index in [4.69, 9.17) is 4.74 Å². The molecule has 0 aliphatic carbocycles. The lowest BCUT2D eigenvalue weighted by Crippen LogP contribution is -2.15. The van der Waals surface area contributed by atoms with E-state index in [0.717, 1.165) is 44.9 Å². The van der Waals surface area contributed by atoms with Crippen molar-refractivity contribution >= 4 is 17.1 Å². The molecule has 0 bridgehead atoms. The number of aromatic hydroxyl groups is 3. The number of aryl methyl sites for hydroxylation is 5. The van der Waals surface area contributed by atoms with Gasteiger partial charge in [0, 0.05) is 17.8 Å². The zero-order valence-electron chi connectivity index (χ0n) is 20.0. The Hall–Kier alpha value is -4.12. The van der Waals surface area contributed by atoms with Gasteiger partial charge < -0.3 is 25.0 Å². The van der Waals surface area contributed by atoms with Crippen LogP contribution in [0.25, 0.3) is 0 Å². The number of hydrogen-bond acceptors (Lipinski definition) is 5. The highest BCUT2D eigenvalue weighted by molar-refractivity contribution is 5.84. The quantitative estimate of drug-likeness (QED) is 0.289. The van der Waals surface area contributed by atoms with Crippen LogP contribution in [0.4, 0.5) is 17.1 Å². The molecule has 5 nitrogen and oxygen atoms in total. The highest BCUT2D eigenvalue weighted by atomic mass is 16.5. The number of ether oxygens (including phenoxy) is 1. The van der Waals surface area contributed by atoms with Crippen molar-refractivity contribution in [1.82, 2.24) is 0 Å². The molecular formula is C29H29NO4. The topological polar surface area (TPSA) is 73.2 Å². The van der Waals surface area contributed by atoms with Crippen LogP contribution in [-0.2, 0) is 0 Å². The van der Waals surface area contributed by atoms with Crippen LogP contribution in [0, 0.1) is 34.6 Å². The molecule has 0 saturated carbocycles. The number of hydrogen-bond donors (Lipinski definition) is 3. The van der Waals surface area contributed by atoms with E-state index < -0.39 is 0 Å². The SMILES string of the molecule is Cc1ccc(Oc2cccc(N(c3c(C)cc(O)cc3C)c3c(C)cc(O)cc3C)c2)cc1O. The molecule has 0 unspecified atom stereocenters. The van der Waals surface area contributed by atoms with Crippen LogP contribution < -0.4 is 9.64 Å². The molecular weight excluding hydrogens is 426 g/mol. The molecule has 4 rings (SSSR count). The monoisotopic (exact) mass is 455 g/mol. The third-order valence-corrected chi connectivity index (χ3v) is 5.89. The molecule has 0 aliphatic heterocycles. The van der Waals surface area contributed by atoms with Crippen LogP contribution in [0.3, 0.4) is 0 Å². The molecule has 0 fully saturated rings. The van der Waals surface area contributed by atoms with E-state index in [2.05, 4.69) is 4.90 Å². The van der Waals surface area contributed by atoms with Crippen LogP contribution in [0.2, 0.25) is 0 Å². The summed E-state index contributed by atoms with van der Waals surface area (Å²) in [5.41, 5.74) is 7.20. The van der Waals surface area contributed by atoms with Gasteiger partial charge in [-0.25, -0.2) is 0 Å². The van der Waals surface area contributed by atoms with Gasteiger partial charge in [0.25, 0.3) is 0 Å². The summed E-state index contributed by atoms with van der Waals surface area (Å²) in [6.45, 7) is 9.71.